The zero-order chi connectivity index (χ0) is 17.4. The first-order valence-corrected chi connectivity index (χ1v) is 8.23. The number of rotatable bonds is 8. The third-order valence-electron chi connectivity index (χ3n) is 3.43. The van der Waals surface area contributed by atoms with Gasteiger partial charge in [0.15, 0.2) is 6.61 Å². The zero-order valence-corrected chi connectivity index (χ0v) is 14.3. The summed E-state index contributed by atoms with van der Waals surface area (Å²) in [6.07, 6.45) is 5.19. The number of carboxylic acids is 1. The fourth-order valence-electron chi connectivity index (χ4n) is 2.13. The number of aliphatic carboxylic acids is 1. The van der Waals surface area contributed by atoms with Crippen LogP contribution < -0.4 is 4.74 Å². The molecule has 2 aromatic carbocycles. The van der Waals surface area contributed by atoms with Crippen LogP contribution in [0.15, 0.2) is 47.5 Å². The lowest BCUT2D eigenvalue weighted by atomic mass is 10.1. The Morgan fingerprint density at radius 3 is 2.62 bits per heavy atom. The fraction of sp³-hybridized carbons (Fsp3) is 0.263. The second kappa shape index (κ2) is 9.08. The Morgan fingerprint density at radius 2 is 2.00 bits per heavy atom. The molecule has 1 N–H and O–H groups in total. The van der Waals surface area contributed by atoms with E-state index in [9.17, 15) is 4.79 Å². The number of halogens is 1. The van der Waals surface area contributed by atoms with Crippen LogP contribution in [0.5, 0.6) is 5.75 Å². The highest BCUT2D eigenvalue weighted by Gasteiger charge is 2.04. The van der Waals surface area contributed by atoms with Gasteiger partial charge in [0.2, 0.25) is 0 Å². The van der Waals surface area contributed by atoms with E-state index in [0.29, 0.717) is 10.8 Å². The van der Waals surface area contributed by atoms with Crippen LogP contribution >= 0.6 is 11.6 Å². The molecule has 0 unspecified atom stereocenters. The highest BCUT2D eigenvalue weighted by molar-refractivity contribution is 6.32. The molecule has 0 fully saturated rings. The summed E-state index contributed by atoms with van der Waals surface area (Å²) in [6.45, 7) is 1.76. The van der Waals surface area contributed by atoms with Gasteiger partial charge in [0, 0.05) is 6.21 Å². The standard InChI is InChI=1S/C19H20ClNO3/c1-2-3-4-14-5-8-16(9-6-14)21-12-15-7-10-18(17(20)11-15)24-13-19(22)23/h5-12H,2-4,13H2,1H3,(H,22,23). The first kappa shape index (κ1) is 18.0. The number of hydrogen-bond donors (Lipinski definition) is 1. The first-order chi connectivity index (χ1) is 11.6. The van der Waals surface area contributed by atoms with E-state index in [2.05, 4.69) is 24.0 Å². The molecular weight excluding hydrogens is 326 g/mol. The lowest BCUT2D eigenvalue weighted by molar-refractivity contribution is -0.139. The highest BCUT2D eigenvalue weighted by atomic mass is 35.5. The highest BCUT2D eigenvalue weighted by Crippen LogP contribution is 2.25. The molecule has 4 nitrogen and oxygen atoms in total. The minimum Gasteiger partial charge on any atom is -0.480 e. The van der Waals surface area contributed by atoms with Gasteiger partial charge in [-0.3, -0.25) is 4.99 Å². The molecule has 5 heteroatoms. The van der Waals surface area contributed by atoms with Crippen LogP contribution in [-0.2, 0) is 11.2 Å². The van der Waals surface area contributed by atoms with Crippen LogP contribution in [0.4, 0.5) is 5.69 Å². The van der Waals surface area contributed by atoms with Crippen LogP contribution in [-0.4, -0.2) is 23.9 Å². The monoisotopic (exact) mass is 345 g/mol. The summed E-state index contributed by atoms with van der Waals surface area (Å²) in [5.41, 5.74) is 3.01. The smallest absolute Gasteiger partial charge is 0.341 e. The minimum atomic E-state index is -1.04. The summed E-state index contributed by atoms with van der Waals surface area (Å²) in [5, 5.41) is 8.97. The van der Waals surface area contributed by atoms with Gasteiger partial charge in [-0.2, -0.15) is 0 Å². The molecule has 0 bridgehead atoms. The molecule has 0 aliphatic rings. The van der Waals surface area contributed by atoms with Crippen LogP contribution in [0.3, 0.4) is 0 Å². The number of nitrogens with zero attached hydrogens (tertiary/aromatic N) is 1. The molecular formula is C19H20ClNO3. The number of benzene rings is 2. The van der Waals surface area contributed by atoms with E-state index in [4.69, 9.17) is 21.4 Å². The molecule has 24 heavy (non-hydrogen) atoms. The van der Waals surface area contributed by atoms with Crippen molar-refractivity contribution in [1.82, 2.24) is 0 Å². The van der Waals surface area contributed by atoms with Crippen molar-refractivity contribution >= 4 is 29.5 Å². The summed E-state index contributed by atoms with van der Waals surface area (Å²) in [4.78, 5) is 14.9. The predicted octanol–water partition coefficient (Wildman–Crippen LogP) is 4.90. The van der Waals surface area contributed by atoms with Crippen LogP contribution in [0, 0.1) is 0 Å². The van der Waals surface area contributed by atoms with E-state index >= 15 is 0 Å². The number of hydrogen-bond acceptors (Lipinski definition) is 3. The molecule has 0 saturated heterocycles. The predicted molar refractivity (Wildman–Crippen MR) is 96.9 cm³/mol. The van der Waals surface area contributed by atoms with Crippen molar-refractivity contribution in [2.75, 3.05) is 6.61 Å². The topological polar surface area (TPSA) is 58.9 Å². The summed E-state index contributed by atoms with van der Waals surface area (Å²) < 4.78 is 5.09. The van der Waals surface area contributed by atoms with Crippen molar-refractivity contribution in [3.05, 3.63) is 58.6 Å². The Bertz CT molecular complexity index is 711. The molecule has 2 aromatic rings. The number of carbonyl (C=O) groups is 1. The van der Waals surface area contributed by atoms with Gasteiger partial charge in [-0.05, 0) is 54.3 Å². The van der Waals surface area contributed by atoms with Gasteiger partial charge in [-0.15, -0.1) is 0 Å². The van der Waals surface area contributed by atoms with E-state index in [0.717, 1.165) is 17.7 Å². The average molecular weight is 346 g/mol. The molecule has 0 aliphatic carbocycles. The zero-order valence-electron chi connectivity index (χ0n) is 13.5. The van der Waals surface area contributed by atoms with Crippen molar-refractivity contribution in [2.45, 2.75) is 26.2 Å². The van der Waals surface area contributed by atoms with E-state index in [1.54, 1.807) is 24.4 Å². The Morgan fingerprint density at radius 1 is 1.25 bits per heavy atom. The SMILES string of the molecule is CCCCc1ccc(N=Cc2ccc(OCC(=O)O)c(Cl)c2)cc1. The van der Waals surface area contributed by atoms with Crippen molar-refractivity contribution in [3.63, 3.8) is 0 Å². The van der Waals surface area contributed by atoms with Gasteiger partial charge in [0.05, 0.1) is 10.7 Å². The Hall–Kier alpha value is -2.33. The summed E-state index contributed by atoms with van der Waals surface area (Å²) in [7, 11) is 0. The number of aliphatic imine (C=N–C) groups is 1. The largest absolute Gasteiger partial charge is 0.480 e. The Balaban J connectivity index is 2.00. The maximum atomic E-state index is 10.5. The molecule has 2 rings (SSSR count). The summed E-state index contributed by atoms with van der Waals surface area (Å²) in [5.74, 6) is -0.699. The second-order valence-corrected chi connectivity index (χ2v) is 5.81. The van der Waals surface area contributed by atoms with Gasteiger partial charge in [0.25, 0.3) is 0 Å². The van der Waals surface area contributed by atoms with E-state index in [1.165, 1.54) is 18.4 Å². The average Bonchev–Trinajstić information content (AvgIpc) is 2.58. The Labute approximate surface area is 146 Å². The van der Waals surface area contributed by atoms with Gasteiger partial charge in [0.1, 0.15) is 5.75 Å². The number of ether oxygens (including phenoxy) is 1. The molecule has 0 aromatic heterocycles. The third kappa shape index (κ3) is 5.70. The minimum absolute atomic E-state index is 0.344. The van der Waals surface area contributed by atoms with Crippen molar-refractivity contribution in [3.8, 4) is 5.75 Å². The molecule has 0 amide bonds. The first-order valence-electron chi connectivity index (χ1n) is 7.85. The summed E-state index contributed by atoms with van der Waals surface area (Å²) in [6, 6.07) is 13.3. The normalized spacial score (nSPS) is 10.9. The van der Waals surface area contributed by atoms with Crippen LogP contribution in [0.25, 0.3) is 0 Å². The molecule has 0 heterocycles. The van der Waals surface area contributed by atoms with Crippen molar-refractivity contribution < 1.29 is 14.6 Å². The van der Waals surface area contributed by atoms with Crippen molar-refractivity contribution in [1.29, 1.82) is 0 Å². The molecule has 0 radical (unpaired) electrons. The Kier molecular flexibility index (Phi) is 6.82. The third-order valence-corrected chi connectivity index (χ3v) is 3.72. The van der Waals surface area contributed by atoms with Gasteiger partial charge < -0.3 is 9.84 Å². The molecule has 0 atom stereocenters. The van der Waals surface area contributed by atoms with E-state index < -0.39 is 12.6 Å². The van der Waals surface area contributed by atoms with Crippen LogP contribution in [0.2, 0.25) is 5.02 Å². The quantitative estimate of drug-likeness (QED) is 0.692. The maximum absolute atomic E-state index is 10.5. The van der Waals surface area contributed by atoms with Gasteiger partial charge in [-0.1, -0.05) is 37.1 Å². The van der Waals surface area contributed by atoms with E-state index in [-0.39, 0.29) is 0 Å². The molecule has 0 spiro atoms. The summed E-state index contributed by atoms with van der Waals surface area (Å²) >= 11 is 6.08. The van der Waals surface area contributed by atoms with E-state index in [1.807, 2.05) is 12.1 Å². The fourth-order valence-corrected chi connectivity index (χ4v) is 2.38. The molecule has 0 saturated carbocycles. The number of carboxylic acid groups (broad SMARTS) is 1. The number of unbranched alkanes of at least 4 members (excludes halogenated alkanes) is 1. The molecule has 0 aliphatic heterocycles. The van der Waals surface area contributed by atoms with Crippen LogP contribution in [0.1, 0.15) is 30.9 Å². The lowest BCUT2D eigenvalue weighted by Crippen LogP contribution is -2.09. The number of aryl methyl sites for hydroxylation is 1. The lowest BCUT2D eigenvalue weighted by Gasteiger charge is -2.06. The maximum Gasteiger partial charge on any atom is 0.341 e. The van der Waals surface area contributed by atoms with Crippen molar-refractivity contribution in [2.24, 2.45) is 4.99 Å². The molecule has 126 valence electrons. The van der Waals surface area contributed by atoms with Gasteiger partial charge >= 0.3 is 5.97 Å². The van der Waals surface area contributed by atoms with Gasteiger partial charge in [-0.25, -0.2) is 4.79 Å². The second-order valence-electron chi connectivity index (χ2n) is 5.40.